The van der Waals surface area contributed by atoms with Gasteiger partial charge in [0.1, 0.15) is 0 Å². The van der Waals surface area contributed by atoms with Crippen molar-refractivity contribution in [1.29, 1.82) is 5.26 Å². The highest BCUT2D eigenvalue weighted by Gasteiger charge is 2.19. The van der Waals surface area contributed by atoms with E-state index in [4.69, 9.17) is 10.00 Å². The summed E-state index contributed by atoms with van der Waals surface area (Å²) in [7, 11) is 0. The summed E-state index contributed by atoms with van der Waals surface area (Å²) in [6.45, 7) is 2.26. The lowest BCUT2D eigenvalue weighted by atomic mass is 10.2. The molecule has 0 saturated carbocycles. The van der Waals surface area contributed by atoms with Crippen molar-refractivity contribution in [2.75, 3.05) is 31.6 Å². The summed E-state index contributed by atoms with van der Waals surface area (Å²) in [4.78, 5) is 14.0. The number of hydrogen-bond donors (Lipinski definition) is 1. The topological polar surface area (TPSA) is 91.1 Å². The highest BCUT2D eigenvalue weighted by Crippen LogP contribution is 2.15. The van der Waals surface area contributed by atoms with E-state index in [1.807, 2.05) is 0 Å². The average Bonchev–Trinajstić information content (AvgIpc) is 2.63. The Balaban J connectivity index is 1.66. The third-order valence-corrected chi connectivity index (χ3v) is 3.47. The van der Waals surface area contributed by atoms with Gasteiger partial charge >= 0.3 is 0 Å². The summed E-state index contributed by atoms with van der Waals surface area (Å²) >= 11 is 0. The molecule has 7 heteroatoms. The molecule has 1 amide bonds. The Bertz CT molecular complexity index is 716. The van der Waals surface area contributed by atoms with Gasteiger partial charge < -0.3 is 15.0 Å². The summed E-state index contributed by atoms with van der Waals surface area (Å²) in [6.07, 6.45) is 0. The number of nitrogens with one attached hydrogen (secondary N) is 1. The van der Waals surface area contributed by atoms with Gasteiger partial charge in [-0.15, -0.1) is 10.2 Å². The van der Waals surface area contributed by atoms with Crippen molar-refractivity contribution in [3.8, 4) is 6.07 Å². The molecule has 1 N–H and O–H groups in total. The summed E-state index contributed by atoms with van der Waals surface area (Å²) in [5.74, 6) is 0.402. The van der Waals surface area contributed by atoms with Crippen LogP contribution in [-0.4, -0.2) is 47.3 Å². The molecule has 2 aromatic rings. The van der Waals surface area contributed by atoms with Crippen molar-refractivity contribution >= 4 is 17.4 Å². The highest BCUT2D eigenvalue weighted by molar-refractivity contribution is 5.92. The van der Waals surface area contributed by atoms with E-state index in [1.54, 1.807) is 41.3 Å². The number of ether oxygens (including phenoxy) is 1. The minimum absolute atomic E-state index is 0.134. The van der Waals surface area contributed by atoms with Crippen LogP contribution in [0.1, 0.15) is 16.1 Å². The van der Waals surface area contributed by atoms with Crippen LogP contribution in [0.25, 0.3) is 0 Å². The van der Waals surface area contributed by atoms with E-state index in [0.29, 0.717) is 43.4 Å². The minimum atomic E-state index is -0.134. The Morgan fingerprint density at radius 3 is 2.48 bits per heavy atom. The van der Waals surface area contributed by atoms with E-state index in [9.17, 15) is 4.79 Å². The van der Waals surface area contributed by atoms with Crippen molar-refractivity contribution < 1.29 is 9.53 Å². The number of aromatic nitrogens is 2. The van der Waals surface area contributed by atoms with Gasteiger partial charge in [-0.1, -0.05) is 0 Å². The molecule has 116 valence electrons. The summed E-state index contributed by atoms with van der Waals surface area (Å²) in [5.41, 5.74) is 1.70. The third kappa shape index (κ3) is 3.62. The maximum absolute atomic E-state index is 12.3. The first-order valence-electron chi connectivity index (χ1n) is 7.24. The van der Waals surface area contributed by atoms with Crippen molar-refractivity contribution in [2.45, 2.75) is 0 Å². The molecule has 0 bridgehead atoms. The van der Waals surface area contributed by atoms with Crippen LogP contribution in [0.2, 0.25) is 0 Å². The zero-order chi connectivity index (χ0) is 16.1. The molecule has 2 heterocycles. The number of hydrogen-bond acceptors (Lipinski definition) is 6. The van der Waals surface area contributed by atoms with Crippen LogP contribution < -0.4 is 5.32 Å². The molecule has 1 saturated heterocycles. The van der Waals surface area contributed by atoms with E-state index in [-0.39, 0.29) is 5.91 Å². The quantitative estimate of drug-likeness (QED) is 0.925. The van der Waals surface area contributed by atoms with Gasteiger partial charge in [-0.2, -0.15) is 5.26 Å². The fourth-order valence-corrected chi connectivity index (χ4v) is 2.22. The average molecular weight is 309 g/mol. The summed E-state index contributed by atoms with van der Waals surface area (Å²) < 4.78 is 5.23. The van der Waals surface area contributed by atoms with Crippen molar-refractivity contribution in [1.82, 2.24) is 15.1 Å². The molecule has 1 aromatic heterocycles. The molecule has 0 aliphatic carbocycles. The van der Waals surface area contributed by atoms with Gasteiger partial charge in [0.15, 0.2) is 11.5 Å². The van der Waals surface area contributed by atoms with Gasteiger partial charge in [-0.05, 0) is 36.4 Å². The van der Waals surface area contributed by atoms with Gasteiger partial charge in [0.05, 0.1) is 24.8 Å². The number of amides is 1. The Kier molecular flexibility index (Phi) is 4.45. The monoisotopic (exact) mass is 309 g/mol. The smallest absolute Gasteiger partial charge is 0.274 e. The van der Waals surface area contributed by atoms with Crippen LogP contribution in [0.15, 0.2) is 36.4 Å². The lowest BCUT2D eigenvalue weighted by Crippen LogP contribution is -2.41. The predicted octanol–water partition coefficient (Wildman–Crippen LogP) is 1.56. The van der Waals surface area contributed by atoms with Gasteiger partial charge in [0.25, 0.3) is 5.91 Å². The van der Waals surface area contributed by atoms with Crippen LogP contribution in [0.5, 0.6) is 0 Å². The van der Waals surface area contributed by atoms with E-state index in [2.05, 4.69) is 21.6 Å². The highest BCUT2D eigenvalue weighted by atomic mass is 16.5. The van der Waals surface area contributed by atoms with E-state index in [0.717, 1.165) is 5.69 Å². The zero-order valence-corrected chi connectivity index (χ0v) is 12.4. The molecule has 7 nitrogen and oxygen atoms in total. The number of carbonyl (C=O) groups excluding carboxylic acids is 1. The second-order valence-corrected chi connectivity index (χ2v) is 5.02. The summed E-state index contributed by atoms with van der Waals surface area (Å²) in [5, 5.41) is 19.9. The molecule has 1 aromatic carbocycles. The number of benzene rings is 1. The standard InChI is InChI=1S/C16H15N5O2/c17-11-12-1-3-13(4-2-12)18-15-6-5-14(19-20-15)16(22)21-7-9-23-10-8-21/h1-6H,7-10H2,(H,18,20). The molecule has 0 unspecified atom stereocenters. The Hall–Kier alpha value is -2.98. The number of anilines is 2. The van der Waals surface area contributed by atoms with E-state index in [1.165, 1.54) is 0 Å². The largest absolute Gasteiger partial charge is 0.378 e. The van der Waals surface area contributed by atoms with Crippen molar-refractivity contribution in [3.05, 3.63) is 47.7 Å². The fourth-order valence-electron chi connectivity index (χ4n) is 2.22. The normalized spacial score (nSPS) is 14.1. The number of carbonyl (C=O) groups is 1. The van der Waals surface area contributed by atoms with E-state index < -0.39 is 0 Å². The lowest BCUT2D eigenvalue weighted by Gasteiger charge is -2.26. The van der Waals surface area contributed by atoms with Crippen LogP contribution >= 0.6 is 0 Å². The number of rotatable bonds is 3. The molecule has 0 atom stereocenters. The maximum Gasteiger partial charge on any atom is 0.274 e. The number of morpholine rings is 1. The second-order valence-electron chi connectivity index (χ2n) is 5.02. The molecular weight excluding hydrogens is 294 g/mol. The SMILES string of the molecule is N#Cc1ccc(Nc2ccc(C(=O)N3CCOCC3)nn2)cc1. The molecule has 1 aliphatic rings. The molecular formula is C16H15N5O2. The van der Waals surface area contributed by atoms with Crippen molar-refractivity contribution in [3.63, 3.8) is 0 Å². The van der Waals surface area contributed by atoms with Gasteiger partial charge in [-0.25, -0.2) is 0 Å². The number of nitriles is 1. The van der Waals surface area contributed by atoms with Crippen LogP contribution in [0, 0.1) is 11.3 Å². The molecule has 3 rings (SSSR count). The molecule has 0 spiro atoms. The van der Waals surface area contributed by atoms with Crippen LogP contribution in [0.3, 0.4) is 0 Å². The first kappa shape index (κ1) is 14.9. The Morgan fingerprint density at radius 1 is 1.13 bits per heavy atom. The molecule has 23 heavy (non-hydrogen) atoms. The van der Waals surface area contributed by atoms with Crippen molar-refractivity contribution in [2.24, 2.45) is 0 Å². The van der Waals surface area contributed by atoms with Crippen LogP contribution in [-0.2, 0) is 4.74 Å². The first-order valence-corrected chi connectivity index (χ1v) is 7.24. The van der Waals surface area contributed by atoms with Gasteiger partial charge in [0.2, 0.25) is 0 Å². The zero-order valence-electron chi connectivity index (χ0n) is 12.4. The third-order valence-electron chi connectivity index (χ3n) is 3.47. The lowest BCUT2D eigenvalue weighted by molar-refractivity contribution is 0.0298. The maximum atomic E-state index is 12.3. The number of nitrogens with zero attached hydrogens (tertiary/aromatic N) is 4. The van der Waals surface area contributed by atoms with Crippen LogP contribution in [0.4, 0.5) is 11.5 Å². The van der Waals surface area contributed by atoms with E-state index >= 15 is 0 Å². The molecule has 1 fully saturated rings. The first-order chi connectivity index (χ1) is 11.3. The van der Waals surface area contributed by atoms with Gasteiger partial charge in [0, 0.05) is 18.8 Å². The fraction of sp³-hybridized carbons (Fsp3) is 0.250. The minimum Gasteiger partial charge on any atom is -0.378 e. The predicted molar refractivity (Wildman–Crippen MR) is 83.2 cm³/mol. The second kappa shape index (κ2) is 6.85. The van der Waals surface area contributed by atoms with Gasteiger partial charge in [-0.3, -0.25) is 4.79 Å². The Labute approximate surface area is 133 Å². The molecule has 1 aliphatic heterocycles. The molecule has 0 radical (unpaired) electrons. The Morgan fingerprint density at radius 2 is 1.87 bits per heavy atom. The summed E-state index contributed by atoms with van der Waals surface area (Å²) in [6, 6.07) is 12.4.